The minimum Gasteiger partial charge on any atom is -0.356 e. The van der Waals surface area contributed by atoms with Gasteiger partial charge in [-0.1, -0.05) is 19.3 Å². The van der Waals surface area contributed by atoms with Crippen molar-refractivity contribution in [2.45, 2.75) is 57.3 Å². The van der Waals surface area contributed by atoms with Crippen molar-refractivity contribution in [3.05, 3.63) is 0 Å². The molecule has 2 aliphatic rings. The van der Waals surface area contributed by atoms with Crippen LogP contribution in [0, 0.1) is 0 Å². The molecule has 138 valence electrons. The molecular formula is C17H32N4O3. The van der Waals surface area contributed by atoms with Crippen LogP contribution in [0.3, 0.4) is 0 Å². The number of amides is 1. The lowest BCUT2D eigenvalue weighted by Crippen LogP contribution is -2.46. The number of rotatable bonds is 6. The van der Waals surface area contributed by atoms with E-state index >= 15 is 0 Å². The summed E-state index contributed by atoms with van der Waals surface area (Å²) in [5.74, 6) is 0.190. The normalized spacial score (nSPS) is 21.5. The van der Waals surface area contributed by atoms with Gasteiger partial charge in [0.25, 0.3) is 0 Å². The molecule has 7 nitrogen and oxygen atoms in total. The lowest BCUT2D eigenvalue weighted by molar-refractivity contribution is -0.145. The summed E-state index contributed by atoms with van der Waals surface area (Å²) >= 11 is 0. The van der Waals surface area contributed by atoms with Crippen molar-refractivity contribution in [3.8, 4) is 0 Å². The van der Waals surface area contributed by atoms with E-state index in [4.69, 9.17) is 9.47 Å². The zero-order valence-corrected chi connectivity index (χ0v) is 15.3. The van der Waals surface area contributed by atoms with Gasteiger partial charge in [-0.3, -0.25) is 4.79 Å². The predicted molar refractivity (Wildman–Crippen MR) is 93.9 cm³/mol. The van der Waals surface area contributed by atoms with Gasteiger partial charge in [0.15, 0.2) is 11.7 Å². The molecule has 24 heavy (non-hydrogen) atoms. The zero-order chi connectivity index (χ0) is 17.4. The van der Waals surface area contributed by atoms with E-state index in [0.717, 1.165) is 19.3 Å². The van der Waals surface area contributed by atoms with Gasteiger partial charge in [0.05, 0.1) is 13.2 Å². The summed E-state index contributed by atoms with van der Waals surface area (Å²) in [6.45, 7) is 4.09. The van der Waals surface area contributed by atoms with Gasteiger partial charge in [-0.15, -0.1) is 0 Å². The molecule has 1 amide bonds. The van der Waals surface area contributed by atoms with Crippen LogP contribution in [0.5, 0.6) is 0 Å². The molecule has 1 heterocycles. The first kappa shape index (κ1) is 19.0. The van der Waals surface area contributed by atoms with Gasteiger partial charge in [-0.25, -0.2) is 4.99 Å². The van der Waals surface area contributed by atoms with Crippen LogP contribution in [-0.2, 0) is 14.3 Å². The Morgan fingerprint density at radius 3 is 2.50 bits per heavy atom. The highest BCUT2D eigenvalue weighted by Gasteiger charge is 2.30. The number of ether oxygens (including phenoxy) is 2. The molecule has 0 aromatic heterocycles. The largest absolute Gasteiger partial charge is 0.356 e. The summed E-state index contributed by atoms with van der Waals surface area (Å²) in [5.41, 5.74) is 0. The van der Waals surface area contributed by atoms with E-state index in [2.05, 4.69) is 15.6 Å². The fourth-order valence-electron chi connectivity index (χ4n) is 2.99. The number of nitrogens with zero attached hydrogens (tertiary/aromatic N) is 2. The highest BCUT2D eigenvalue weighted by Crippen LogP contribution is 2.21. The van der Waals surface area contributed by atoms with Crippen molar-refractivity contribution in [3.63, 3.8) is 0 Å². The Hall–Kier alpha value is -1.34. The Bertz CT molecular complexity index is 428. The van der Waals surface area contributed by atoms with Crippen molar-refractivity contribution in [1.82, 2.24) is 15.5 Å². The summed E-state index contributed by atoms with van der Waals surface area (Å²) < 4.78 is 11.2. The lowest BCUT2D eigenvalue weighted by atomic mass is 9.96. The quantitative estimate of drug-likeness (QED) is 0.559. The molecule has 1 aliphatic carbocycles. The van der Waals surface area contributed by atoms with Gasteiger partial charge >= 0.3 is 0 Å². The molecule has 1 saturated carbocycles. The molecular weight excluding hydrogens is 308 g/mol. The minimum atomic E-state index is -0.512. The summed E-state index contributed by atoms with van der Waals surface area (Å²) in [6.07, 6.45) is 6.87. The number of hydrogen-bond acceptors (Lipinski definition) is 4. The highest BCUT2D eigenvalue weighted by atomic mass is 16.7. The summed E-state index contributed by atoms with van der Waals surface area (Å²) in [5, 5.41) is 6.80. The van der Waals surface area contributed by atoms with Gasteiger partial charge in [-0.05, 0) is 19.8 Å². The average molecular weight is 340 g/mol. The molecule has 0 atom stereocenters. The Balaban J connectivity index is 1.85. The number of aliphatic imine (C=N–C) groups is 1. The average Bonchev–Trinajstić information content (AvgIpc) is 2.99. The van der Waals surface area contributed by atoms with Crippen LogP contribution in [0.2, 0.25) is 0 Å². The van der Waals surface area contributed by atoms with Crippen LogP contribution in [-0.4, -0.2) is 69.0 Å². The monoisotopic (exact) mass is 340 g/mol. The lowest BCUT2D eigenvalue weighted by Gasteiger charge is -2.26. The number of carbonyl (C=O) groups excluding carboxylic acids is 1. The standard InChI is InChI=1S/C17H32N4O3/c1-17(23-11-12-24-17)9-10-18-16(19-13-15(22)21(2)3)20-14-7-5-4-6-8-14/h14H,4-13H2,1-3H3,(H2,18,19,20). The number of carbonyl (C=O) groups is 1. The third-order valence-corrected chi connectivity index (χ3v) is 4.59. The molecule has 2 N–H and O–H groups in total. The van der Waals surface area contributed by atoms with Crippen LogP contribution in [0.4, 0.5) is 0 Å². The molecule has 0 unspecified atom stereocenters. The predicted octanol–water partition coefficient (Wildman–Crippen LogP) is 1.10. The first-order valence-electron chi connectivity index (χ1n) is 9.01. The van der Waals surface area contributed by atoms with E-state index in [-0.39, 0.29) is 12.5 Å². The van der Waals surface area contributed by atoms with Gasteiger partial charge in [0.2, 0.25) is 5.91 Å². The molecule has 0 aromatic rings. The molecule has 0 aromatic carbocycles. The van der Waals surface area contributed by atoms with E-state index < -0.39 is 5.79 Å². The molecule has 2 fully saturated rings. The van der Waals surface area contributed by atoms with Crippen LogP contribution in [0.25, 0.3) is 0 Å². The Morgan fingerprint density at radius 2 is 1.88 bits per heavy atom. The third kappa shape index (κ3) is 6.28. The topological polar surface area (TPSA) is 75.2 Å². The minimum absolute atomic E-state index is 0.00540. The molecule has 2 rings (SSSR count). The third-order valence-electron chi connectivity index (χ3n) is 4.59. The number of nitrogens with one attached hydrogen (secondary N) is 2. The molecule has 7 heteroatoms. The number of hydrogen-bond donors (Lipinski definition) is 2. The highest BCUT2D eigenvalue weighted by molar-refractivity contribution is 5.84. The van der Waals surface area contributed by atoms with Crippen LogP contribution < -0.4 is 10.6 Å². The van der Waals surface area contributed by atoms with E-state index in [1.807, 2.05) is 6.92 Å². The fraction of sp³-hybridized carbons (Fsp3) is 0.882. The number of guanidine groups is 1. The maximum absolute atomic E-state index is 11.8. The first-order valence-corrected chi connectivity index (χ1v) is 9.01. The van der Waals surface area contributed by atoms with E-state index in [1.165, 1.54) is 19.3 Å². The van der Waals surface area contributed by atoms with Crippen molar-refractivity contribution in [1.29, 1.82) is 0 Å². The number of likely N-dealkylation sites (N-methyl/N-ethyl adjacent to an activating group) is 1. The van der Waals surface area contributed by atoms with Crippen LogP contribution in [0.15, 0.2) is 4.99 Å². The van der Waals surface area contributed by atoms with Crippen molar-refractivity contribution in [2.24, 2.45) is 4.99 Å². The Kier molecular flexibility index (Phi) is 7.30. The van der Waals surface area contributed by atoms with Crippen molar-refractivity contribution >= 4 is 11.9 Å². The smallest absolute Gasteiger partial charge is 0.243 e. The van der Waals surface area contributed by atoms with Gasteiger partial charge < -0.3 is 25.0 Å². The SMILES string of the molecule is CN(C)C(=O)CN=C(NCCC1(C)OCCO1)NC1CCCCC1. The summed E-state index contributed by atoms with van der Waals surface area (Å²) in [4.78, 5) is 17.8. The van der Waals surface area contributed by atoms with Crippen LogP contribution >= 0.6 is 0 Å². The first-order chi connectivity index (χ1) is 11.5. The second kappa shape index (κ2) is 9.22. The van der Waals surface area contributed by atoms with Crippen LogP contribution in [0.1, 0.15) is 45.4 Å². The maximum atomic E-state index is 11.8. The summed E-state index contributed by atoms with van der Waals surface area (Å²) in [6, 6.07) is 0.439. The van der Waals surface area contributed by atoms with E-state index in [0.29, 0.717) is 31.8 Å². The molecule has 1 aliphatic heterocycles. The zero-order valence-electron chi connectivity index (χ0n) is 15.3. The van der Waals surface area contributed by atoms with Gasteiger partial charge in [0, 0.05) is 33.1 Å². The van der Waals surface area contributed by atoms with E-state index in [9.17, 15) is 4.79 Å². The molecule has 0 radical (unpaired) electrons. The van der Waals surface area contributed by atoms with Gasteiger partial charge in [-0.2, -0.15) is 0 Å². The molecule has 1 saturated heterocycles. The second-order valence-corrected chi connectivity index (χ2v) is 6.94. The van der Waals surface area contributed by atoms with Crippen molar-refractivity contribution < 1.29 is 14.3 Å². The Morgan fingerprint density at radius 1 is 1.21 bits per heavy atom. The Labute approximate surface area is 145 Å². The molecule has 0 bridgehead atoms. The van der Waals surface area contributed by atoms with E-state index in [1.54, 1.807) is 19.0 Å². The van der Waals surface area contributed by atoms with Gasteiger partial charge in [0.1, 0.15) is 6.54 Å². The molecule has 0 spiro atoms. The second-order valence-electron chi connectivity index (χ2n) is 6.94. The maximum Gasteiger partial charge on any atom is 0.243 e. The fourth-order valence-corrected chi connectivity index (χ4v) is 2.99. The van der Waals surface area contributed by atoms with Crippen molar-refractivity contribution in [2.75, 3.05) is 40.4 Å². The summed E-state index contributed by atoms with van der Waals surface area (Å²) in [7, 11) is 3.49.